The van der Waals surface area contributed by atoms with Gasteiger partial charge in [0.05, 0.1) is 6.10 Å². The number of rotatable bonds is 3. The van der Waals surface area contributed by atoms with Gasteiger partial charge >= 0.3 is 11.8 Å². The fourth-order valence-corrected chi connectivity index (χ4v) is 2.73. The number of fused-ring (bicyclic) bond motifs is 3. The van der Waals surface area contributed by atoms with Gasteiger partial charge in [-0.2, -0.15) is 0 Å². The normalized spacial score (nSPS) is 13.0. The highest BCUT2D eigenvalue weighted by molar-refractivity contribution is 6.39. The van der Waals surface area contributed by atoms with Crippen molar-refractivity contribution in [2.75, 3.05) is 11.9 Å². The van der Waals surface area contributed by atoms with E-state index in [1.807, 2.05) is 24.3 Å². The van der Waals surface area contributed by atoms with Gasteiger partial charge in [-0.3, -0.25) is 9.59 Å². The lowest BCUT2D eigenvalue weighted by Crippen LogP contribution is -2.38. The molecule has 0 radical (unpaired) electrons. The Bertz CT molecular complexity index is 769. The molecule has 5 nitrogen and oxygen atoms in total. The molecule has 1 aliphatic rings. The molecule has 0 saturated carbocycles. The number of hydrogen-bond acceptors (Lipinski definition) is 3. The first-order valence-electron chi connectivity index (χ1n) is 7.53. The quantitative estimate of drug-likeness (QED) is 0.644. The van der Waals surface area contributed by atoms with Gasteiger partial charge in [0, 0.05) is 12.2 Å². The van der Waals surface area contributed by atoms with Crippen LogP contribution in [0, 0.1) is 0 Å². The minimum absolute atomic E-state index is 0.0474. The van der Waals surface area contributed by atoms with Crippen molar-refractivity contribution in [3.63, 3.8) is 0 Å². The second-order valence-corrected chi connectivity index (χ2v) is 5.72. The van der Waals surface area contributed by atoms with E-state index in [4.69, 9.17) is 5.11 Å². The van der Waals surface area contributed by atoms with Crippen LogP contribution in [0.4, 0.5) is 5.69 Å². The molecule has 0 aromatic heterocycles. The van der Waals surface area contributed by atoms with Crippen LogP contribution in [0.2, 0.25) is 0 Å². The fraction of sp³-hybridized carbons (Fsp3) is 0.222. The first-order valence-corrected chi connectivity index (χ1v) is 7.53. The zero-order valence-corrected chi connectivity index (χ0v) is 12.8. The van der Waals surface area contributed by atoms with Crippen molar-refractivity contribution in [3.05, 3.63) is 53.6 Å². The monoisotopic (exact) mass is 310 g/mol. The van der Waals surface area contributed by atoms with Gasteiger partial charge in [0.2, 0.25) is 0 Å². The molecule has 2 amide bonds. The van der Waals surface area contributed by atoms with E-state index in [1.165, 1.54) is 18.1 Å². The molecule has 0 bridgehead atoms. The average Bonchev–Trinajstić information content (AvgIpc) is 2.90. The molecule has 2 aromatic carbocycles. The number of anilines is 1. The molecular weight excluding hydrogens is 292 g/mol. The van der Waals surface area contributed by atoms with Crippen molar-refractivity contribution in [3.8, 4) is 11.1 Å². The molecule has 1 atom stereocenters. The maximum absolute atomic E-state index is 11.8. The van der Waals surface area contributed by atoms with Gasteiger partial charge in [-0.15, -0.1) is 0 Å². The van der Waals surface area contributed by atoms with Crippen LogP contribution in [0.5, 0.6) is 0 Å². The minimum atomic E-state index is -0.755. The van der Waals surface area contributed by atoms with E-state index >= 15 is 0 Å². The van der Waals surface area contributed by atoms with E-state index in [1.54, 1.807) is 6.07 Å². The van der Waals surface area contributed by atoms with Crippen LogP contribution in [0.25, 0.3) is 11.1 Å². The van der Waals surface area contributed by atoms with E-state index in [0.29, 0.717) is 5.69 Å². The van der Waals surface area contributed by atoms with E-state index in [-0.39, 0.29) is 6.54 Å². The summed E-state index contributed by atoms with van der Waals surface area (Å²) in [7, 11) is 0. The third-order valence-electron chi connectivity index (χ3n) is 3.82. The minimum Gasteiger partial charge on any atom is -0.392 e. The van der Waals surface area contributed by atoms with Crippen LogP contribution in [0.1, 0.15) is 18.1 Å². The number of carbonyl (C=O) groups is 2. The number of aliphatic hydroxyl groups excluding tert-OH is 1. The lowest BCUT2D eigenvalue weighted by Gasteiger charge is -2.09. The molecule has 0 spiro atoms. The molecular formula is C18H18N2O3. The van der Waals surface area contributed by atoms with Gasteiger partial charge in [-0.25, -0.2) is 0 Å². The summed E-state index contributed by atoms with van der Waals surface area (Å²) in [6.45, 7) is 1.59. The van der Waals surface area contributed by atoms with Crippen LogP contribution in [0.15, 0.2) is 42.5 Å². The van der Waals surface area contributed by atoms with Crippen LogP contribution >= 0.6 is 0 Å². The van der Waals surface area contributed by atoms with Gasteiger partial charge in [0.25, 0.3) is 0 Å². The molecule has 3 N–H and O–H groups in total. The molecule has 1 aliphatic carbocycles. The molecule has 3 rings (SSSR count). The lowest BCUT2D eigenvalue weighted by molar-refractivity contribution is -0.136. The Morgan fingerprint density at radius 1 is 1.09 bits per heavy atom. The van der Waals surface area contributed by atoms with E-state index in [0.717, 1.165) is 17.5 Å². The van der Waals surface area contributed by atoms with Crippen LogP contribution in [0.3, 0.4) is 0 Å². The molecule has 0 fully saturated rings. The maximum Gasteiger partial charge on any atom is 0.313 e. The Balaban J connectivity index is 1.70. The molecule has 0 aliphatic heterocycles. The number of amides is 2. The zero-order chi connectivity index (χ0) is 16.4. The number of nitrogens with one attached hydrogen (secondary N) is 2. The van der Waals surface area contributed by atoms with Gasteiger partial charge in [-0.05, 0) is 47.7 Å². The molecule has 23 heavy (non-hydrogen) atoms. The summed E-state index contributed by atoms with van der Waals surface area (Å²) in [5, 5.41) is 14.1. The Kier molecular flexibility index (Phi) is 4.12. The fourth-order valence-electron chi connectivity index (χ4n) is 2.73. The number of hydrogen-bond donors (Lipinski definition) is 3. The van der Waals surface area contributed by atoms with E-state index in [9.17, 15) is 9.59 Å². The largest absolute Gasteiger partial charge is 0.392 e. The van der Waals surface area contributed by atoms with Crippen molar-refractivity contribution in [2.24, 2.45) is 0 Å². The number of benzene rings is 2. The van der Waals surface area contributed by atoms with Gasteiger partial charge in [0.1, 0.15) is 0 Å². The van der Waals surface area contributed by atoms with Crippen molar-refractivity contribution < 1.29 is 14.7 Å². The summed E-state index contributed by atoms with van der Waals surface area (Å²) < 4.78 is 0. The second-order valence-electron chi connectivity index (χ2n) is 5.72. The summed E-state index contributed by atoms with van der Waals surface area (Å²) in [4.78, 5) is 23.5. The Morgan fingerprint density at radius 3 is 2.61 bits per heavy atom. The van der Waals surface area contributed by atoms with Crippen LogP contribution in [-0.2, 0) is 16.0 Å². The van der Waals surface area contributed by atoms with Gasteiger partial charge < -0.3 is 15.7 Å². The van der Waals surface area contributed by atoms with Crippen molar-refractivity contribution in [1.29, 1.82) is 0 Å². The van der Waals surface area contributed by atoms with Gasteiger partial charge in [0.15, 0.2) is 0 Å². The lowest BCUT2D eigenvalue weighted by atomic mass is 10.1. The van der Waals surface area contributed by atoms with Crippen molar-refractivity contribution >= 4 is 17.5 Å². The second kappa shape index (κ2) is 6.22. The topological polar surface area (TPSA) is 78.4 Å². The number of carbonyl (C=O) groups excluding carboxylic acids is 2. The van der Waals surface area contributed by atoms with E-state index in [2.05, 4.69) is 22.8 Å². The highest BCUT2D eigenvalue weighted by atomic mass is 16.3. The first-order chi connectivity index (χ1) is 11.0. The molecule has 1 unspecified atom stereocenters. The van der Waals surface area contributed by atoms with Crippen molar-refractivity contribution in [2.45, 2.75) is 19.4 Å². The summed E-state index contributed by atoms with van der Waals surface area (Å²) in [6.07, 6.45) is 0.133. The standard InChI is InChI=1S/C18H18N2O3/c1-11(21)10-19-17(22)18(23)20-14-6-7-16-13(9-14)8-12-4-2-3-5-15(12)16/h2-7,9,11,21H,8,10H2,1H3,(H,19,22)(H,20,23). The molecule has 2 aromatic rings. The smallest absolute Gasteiger partial charge is 0.313 e. The summed E-state index contributed by atoms with van der Waals surface area (Å²) in [6, 6.07) is 13.9. The highest BCUT2D eigenvalue weighted by Gasteiger charge is 2.19. The van der Waals surface area contributed by atoms with Crippen LogP contribution < -0.4 is 10.6 Å². The predicted molar refractivity (Wildman–Crippen MR) is 88.0 cm³/mol. The summed E-state index contributed by atoms with van der Waals surface area (Å²) >= 11 is 0. The third-order valence-corrected chi connectivity index (χ3v) is 3.82. The Hall–Kier alpha value is -2.66. The number of aliphatic hydroxyl groups is 1. The van der Waals surface area contributed by atoms with Gasteiger partial charge in [-0.1, -0.05) is 30.3 Å². The van der Waals surface area contributed by atoms with Crippen molar-refractivity contribution in [1.82, 2.24) is 5.32 Å². The molecule has 118 valence electrons. The Morgan fingerprint density at radius 2 is 1.83 bits per heavy atom. The molecule has 0 saturated heterocycles. The maximum atomic E-state index is 11.8. The first kappa shape index (κ1) is 15.2. The average molecular weight is 310 g/mol. The zero-order valence-electron chi connectivity index (χ0n) is 12.8. The van der Waals surface area contributed by atoms with E-state index < -0.39 is 17.9 Å². The SMILES string of the molecule is CC(O)CNC(=O)C(=O)Nc1ccc2c(c1)Cc1ccccc1-2. The molecule has 5 heteroatoms. The summed E-state index contributed by atoms with van der Waals surface area (Å²) in [5.74, 6) is -1.49. The van der Waals surface area contributed by atoms with Crippen LogP contribution in [-0.4, -0.2) is 29.6 Å². The Labute approximate surface area is 134 Å². The highest BCUT2D eigenvalue weighted by Crippen LogP contribution is 2.37. The summed E-state index contributed by atoms with van der Waals surface area (Å²) in [5.41, 5.74) is 5.37. The molecule has 0 heterocycles. The third kappa shape index (κ3) is 3.24. The predicted octanol–water partition coefficient (Wildman–Crippen LogP) is 1.69.